The summed E-state index contributed by atoms with van der Waals surface area (Å²) in [6.07, 6.45) is 2.10. The summed E-state index contributed by atoms with van der Waals surface area (Å²) in [4.78, 5) is 25.9. The smallest absolute Gasteiger partial charge is 0.342 e. The van der Waals surface area contributed by atoms with Gasteiger partial charge in [0.2, 0.25) is 0 Å². The number of hydrogen-bond donors (Lipinski definition) is 0. The molecule has 0 saturated carbocycles. The zero-order valence-electron chi connectivity index (χ0n) is 12.3. The van der Waals surface area contributed by atoms with Crippen molar-refractivity contribution in [3.8, 4) is 0 Å². The Kier molecular flexibility index (Phi) is 5.24. The van der Waals surface area contributed by atoms with Gasteiger partial charge in [0.25, 0.3) is 0 Å². The first-order valence-electron chi connectivity index (χ1n) is 6.94. The number of aromatic nitrogens is 2. The minimum atomic E-state index is -0.503. The first-order chi connectivity index (χ1) is 10.6. The minimum absolute atomic E-state index is 0.0890. The highest BCUT2D eigenvalue weighted by Crippen LogP contribution is 2.13. The van der Waals surface area contributed by atoms with Gasteiger partial charge in [-0.1, -0.05) is 30.3 Å². The summed E-state index contributed by atoms with van der Waals surface area (Å²) in [6.45, 7) is 1.98. The van der Waals surface area contributed by atoms with Gasteiger partial charge < -0.3 is 14.9 Å². The van der Waals surface area contributed by atoms with E-state index in [0.717, 1.165) is 5.56 Å². The fourth-order valence-corrected chi connectivity index (χ4v) is 2.09. The highest BCUT2D eigenvalue weighted by atomic mass is 16.6. The summed E-state index contributed by atoms with van der Waals surface area (Å²) in [6, 6.07) is 9.66. The maximum atomic E-state index is 11.7. The molecule has 0 N–H and O–H groups in total. The largest absolute Gasteiger partial charge is 0.461 e. The summed E-state index contributed by atoms with van der Waals surface area (Å²) >= 11 is 0. The van der Waals surface area contributed by atoms with Crippen LogP contribution >= 0.6 is 0 Å². The fourth-order valence-electron chi connectivity index (χ4n) is 2.09. The van der Waals surface area contributed by atoms with Crippen LogP contribution in [0.15, 0.2) is 36.5 Å². The molecule has 0 aliphatic rings. The van der Waals surface area contributed by atoms with Gasteiger partial charge in [-0.05, 0) is 16.9 Å². The number of benzene rings is 1. The highest BCUT2D eigenvalue weighted by molar-refractivity contribution is 5.69. The average Bonchev–Trinajstić information content (AvgIpc) is 2.88. The van der Waals surface area contributed by atoms with Crippen LogP contribution in [0.5, 0.6) is 0 Å². The Morgan fingerprint density at radius 2 is 2.09 bits per heavy atom. The zero-order valence-corrected chi connectivity index (χ0v) is 12.3. The molecule has 0 fully saturated rings. The van der Waals surface area contributed by atoms with Crippen molar-refractivity contribution in [2.75, 3.05) is 6.61 Å². The summed E-state index contributed by atoms with van der Waals surface area (Å²) in [5, 5.41) is 10.8. The van der Waals surface area contributed by atoms with Gasteiger partial charge in [-0.2, -0.15) is 0 Å². The molecule has 0 spiro atoms. The van der Waals surface area contributed by atoms with Crippen molar-refractivity contribution in [2.45, 2.75) is 26.3 Å². The van der Waals surface area contributed by atoms with E-state index in [-0.39, 0.29) is 31.4 Å². The van der Waals surface area contributed by atoms with Gasteiger partial charge in [0.1, 0.15) is 19.3 Å². The summed E-state index contributed by atoms with van der Waals surface area (Å²) in [7, 11) is 0. The minimum Gasteiger partial charge on any atom is -0.461 e. The molecule has 0 unspecified atom stereocenters. The van der Waals surface area contributed by atoms with Crippen LogP contribution in [0.3, 0.4) is 0 Å². The number of carbonyl (C=O) groups excluding carboxylic acids is 1. The van der Waals surface area contributed by atoms with Crippen LogP contribution in [0.25, 0.3) is 0 Å². The van der Waals surface area contributed by atoms with Gasteiger partial charge in [-0.15, -0.1) is 0 Å². The SMILES string of the molecule is Cc1ncc([N+](=O)[O-])n1CCOC(=O)CCc1ccccc1. The molecule has 0 aliphatic heterocycles. The van der Waals surface area contributed by atoms with Crippen molar-refractivity contribution in [2.24, 2.45) is 0 Å². The lowest BCUT2D eigenvalue weighted by molar-refractivity contribution is -0.392. The second-order valence-electron chi connectivity index (χ2n) is 4.78. The van der Waals surface area contributed by atoms with Crippen molar-refractivity contribution in [1.29, 1.82) is 0 Å². The molecule has 116 valence electrons. The predicted molar refractivity (Wildman–Crippen MR) is 79.3 cm³/mol. The van der Waals surface area contributed by atoms with E-state index in [9.17, 15) is 14.9 Å². The molecule has 0 aliphatic carbocycles. The van der Waals surface area contributed by atoms with E-state index in [0.29, 0.717) is 12.2 Å². The van der Waals surface area contributed by atoms with Crippen molar-refractivity contribution in [3.63, 3.8) is 0 Å². The summed E-state index contributed by atoms with van der Waals surface area (Å²) < 4.78 is 6.54. The Hall–Kier alpha value is -2.70. The summed E-state index contributed by atoms with van der Waals surface area (Å²) in [5.41, 5.74) is 1.07. The molecule has 0 bridgehead atoms. The van der Waals surface area contributed by atoms with Crippen molar-refractivity contribution in [3.05, 3.63) is 58.0 Å². The number of rotatable bonds is 7. The summed E-state index contributed by atoms with van der Waals surface area (Å²) in [5.74, 6) is 0.106. The number of imidazole rings is 1. The Labute approximate surface area is 127 Å². The third-order valence-electron chi connectivity index (χ3n) is 3.26. The monoisotopic (exact) mass is 303 g/mol. The van der Waals surface area contributed by atoms with Gasteiger partial charge in [-0.25, -0.2) is 9.55 Å². The van der Waals surface area contributed by atoms with E-state index >= 15 is 0 Å². The normalized spacial score (nSPS) is 10.4. The molecule has 2 aromatic rings. The van der Waals surface area contributed by atoms with Gasteiger partial charge in [0.05, 0.1) is 0 Å². The van der Waals surface area contributed by atoms with Crippen molar-refractivity contribution < 1.29 is 14.5 Å². The molecule has 0 amide bonds. The number of carbonyl (C=O) groups is 1. The third kappa shape index (κ3) is 4.15. The van der Waals surface area contributed by atoms with Crippen LogP contribution < -0.4 is 0 Å². The maximum Gasteiger partial charge on any atom is 0.342 e. The van der Waals surface area contributed by atoms with E-state index in [1.165, 1.54) is 10.8 Å². The Balaban J connectivity index is 1.78. The highest BCUT2D eigenvalue weighted by Gasteiger charge is 2.17. The maximum absolute atomic E-state index is 11.7. The molecule has 2 rings (SSSR count). The van der Waals surface area contributed by atoms with Crippen LogP contribution in [0, 0.1) is 17.0 Å². The lowest BCUT2D eigenvalue weighted by Crippen LogP contribution is -2.14. The van der Waals surface area contributed by atoms with Crippen LogP contribution in [-0.2, 0) is 22.5 Å². The van der Waals surface area contributed by atoms with Crippen LogP contribution in [0.1, 0.15) is 17.8 Å². The number of ether oxygens (including phenoxy) is 1. The molecule has 22 heavy (non-hydrogen) atoms. The molecule has 7 nitrogen and oxygen atoms in total. The Morgan fingerprint density at radius 3 is 2.77 bits per heavy atom. The van der Waals surface area contributed by atoms with Gasteiger partial charge in [0, 0.05) is 13.3 Å². The molecule has 0 saturated heterocycles. The number of esters is 1. The third-order valence-corrected chi connectivity index (χ3v) is 3.26. The topological polar surface area (TPSA) is 87.3 Å². The standard InChI is InChI=1S/C15H17N3O4/c1-12-16-11-14(18(20)21)17(12)9-10-22-15(19)8-7-13-5-3-2-4-6-13/h2-6,11H,7-10H2,1H3. The molecule has 1 heterocycles. The Morgan fingerprint density at radius 1 is 1.36 bits per heavy atom. The molecule has 7 heteroatoms. The van der Waals surface area contributed by atoms with E-state index < -0.39 is 4.92 Å². The van der Waals surface area contributed by atoms with Crippen molar-refractivity contribution >= 4 is 11.8 Å². The first kappa shape index (κ1) is 15.7. The van der Waals surface area contributed by atoms with Crippen LogP contribution in [0.2, 0.25) is 0 Å². The molecule has 0 atom stereocenters. The quantitative estimate of drug-likeness (QED) is 0.445. The zero-order chi connectivity index (χ0) is 15.9. The lowest BCUT2D eigenvalue weighted by Gasteiger charge is -2.05. The van der Waals surface area contributed by atoms with Gasteiger partial charge in [0.15, 0.2) is 5.82 Å². The average molecular weight is 303 g/mol. The van der Waals surface area contributed by atoms with E-state index in [1.54, 1.807) is 6.92 Å². The molecular formula is C15H17N3O4. The molecule has 1 aromatic carbocycles. The molecular weight excluding hydrogens is 286 g/mol. The first-order valence-corrected chi connectivity index (χ1v) is 6.94. The second kappa shape index (κ2) is 7.35. The van der Waals surface area contributed by atoms with Crippen LogP contribution in [-0.4, -0.2) is 27.1 Å². The van der Waals surface area contributed by atoms with E-state index in [2.05, 4.69) is 4.98 Å². The lowest BCUT2D eigenvalue weighted by atomic mass is 10.1. The van der Waals surface area contributed by atoms with E-state index in [1.807, 2.05) is 30.3 Å². The number of hydrogen-bond acceptors (Lipinski definition) is 5. The van der Waals surface area contributed by atoms with Gasteiger partial charge >= 0.3 is 11.8 Å². The van der Waals surface area contributed by atoms with Crippen LogP contribution in [0.4, 0.5) is 5.82 Å². The fraction of sp³-hybridized carbons (Fsp3) is 0.333. The number of nitrogens with zero attached hydrogens (tertiary/aromatic N) is 3. The molecule has 1 aromatic heterocycles. The predicted octanol–water partition coefficient (Wildman–Crippen LogP) is 2.28. The number of aryl methyl sites for hydroxylation is 2. The van der Waals surface area contributed by atoms with Crippen molar-refractivity contribution in [1.82, 2.24) is 9.55 Å². The molecule has 0 radical (unpaired) electrons. The Bertz CT molecular complexity index is 652. The second-order valence-corrected chi connectivity index (χ2v) is 4.78. The van der Waals surface area contributed by atoms with E-state index in [4.69, 9.17) is 4.74 Å². The van der Waals surface area contributed by atoms with Gasteiger partial charge in [-0.3, -0.25) is 4.79 Å². The number of nitro groups is 1.